The molecule has 1 aliphatic heterocycles. The van der Waals surface area contributed by atoms with Crippen LogP contribution in [0.4, 0.5) is 5.69 Å². The Hall–Kier alpha value is -3.60. The molecule has 2 N–H and O–H groups in total. The van der Waals surface area contributed by atoms with Crippen LogP contribution in [0, 0.1) is 0 Å². The average molecular weight is 443 g/mol. The lowest BCUT2D eigenvalue weighted by Crippen LogP contribution is -2.06. The van der Waals surface area contributed by atoms with Crippen molar-refractivity contribution < 1.29 is 14.3 Å². The van der Waals surface area contributed by atoms with Gasteiger partial charge in [-0.3, -0.25) is 4.99 Å². The Balaban J connectivity index is 1.96. The van der Waals surface area contributed by atoms with Crippen LogP contribution >= 0.6 is 0 Å². The Kier molecular flexibility index (Phi) is 7.08. The summed E-state index contributed by atoms with van der Waals surface area (Å²) in [5.41, 5.74) is 4.39. The van der Waals surface area contributed by atoms with Crippen LogP contribution in [0.5, 0.6) is 0 Å². The molecule has 2 aliphatic rings. The van der Waals surface area contributed by atoms with Crippen molar-refractivity contribution in [3.63, 3.8) is 0 Å². The van der Waals surface area contributed by atoms with E-state index in [2.05, 4.69) is 24.2 Å². The molecule has 0 saturated carbocycles. The molecule has 0 aromatic heterocycles. The summed E-state index contributed by atoms with van der Waals surface area (Å²) in [5.74, 6) is -0.252. The Bertz CT molecular complexity index is 1310. The summed E-state index contributed by atoms with van der Waals surface area (Å²) in [4.78, 5) is 16.7. The largest absolute Gasteiger partial charge is 0.478 e. The van der Waals surface area contributed by atoms with E-state index in [0.717, 1.165) is 66.3 Å². The summed E-state index contributed by atoms with van der Waals surface area (Å²) in [6, 6.07) is 19.1. The van der Waals surface area contributed by atoms with Crippen molar-refractivity contribution in [1.82, 2.24) is 0 Å². The summed E-state index contributed by atoms with van der Waals surface area (Å²) >= 11 is 0. The molecule has 0 radical (unpaired) electrons. The quantitative estimate of drug-likeness (QED) is 0.220. The topological polar surface area (TPSA) is 74.8 Å². The van der Waals surface area contributed by atoms with Crippen molar-refractivity contribution in [3.8, 4) is 22.5 Å². The minimum Gasteiger partial charge on any atom is -0.478 e. The van der Waals surface area contributed by atoms with Gasteiger partial charge in [0.05, 0.1) is 10.9 Å². The Morgan fingerprint density at radius 3 is 2.58 bits per heavy atom. The molecule has 170 valence electrons. The maximum atomic E-state index is 12.0. The number of rotatable bonds is 9. The molecular weight excluding hydrogens is 412 g/mol. The number of nitrogens with one attached hydrogen (secondary N) is 1. The lowest BCUT2D eigenvalue weighted by molar-refractivity contribution is 0.0697. The van der Waals surface area contributed by atoms with E-state index >= 15 is 0 Å². The third kappa shape index (κ3) is 4.92. The first-order valence-corrected chi connectivity index (χ1v) is 11.7. The fourth-order valence-electron chi connectivity index (χ4n) is 4.04. The van der Waals surface area contributed by atoms with E-state index in [1.54, 1.807) is 12.1 Å². The Morgan fingerprint density at radius 1 is 0.970 bits per heavy atom. The first kappa shape index (κ1) is 22.6. The van der Waals surface area contributed by atoms with E-state index in [-0.39, 0.29) is 5.56 Å². The molecule has 0 amide bonds. The smallest absolute Gasteiger partial charge is 0.336 e. The third-order valence-corrected chi connectivity index (χ3v) is 5.80. The minimum absolute atomic E-state index is 0.271. The molecule has 0 bridgehead atoms. The first-order valence-electron chi connectivity index (χ1n) is 11.7. The zero-order valence-electron chi connectivity index (χ0n) is 19.2. The number of carboxylic acid groups (broad SMARTS) is 1. The van der Waals surface area contributed by atoms with Crippen molar-refractivity contribution in [3.05, 3.63) is 71.6 Å². The van der Waals surface area contributed by atoms with Crippen LogP contribution in [0.1, 0.15) is 49.9 Å². The number of hydrogen-bond donors (Lipinski definition) is 2. The third-order valence-electron chi connectivity index (χ3n) is 5.80. The van der Waals surface area contributed by atoms with Crippen molar-refractivity contribution in [1.29, 1.82) is 0 Å². The zero-order valence-corrected chi connectivity index (χ0v) is 19.2. The summed E-state index contributed by atoms with van der Waals surface area (Å²) in [6.07, 6.45) is 4.34. The second-order valence-electron chi connectivity index (χ2n) is 8.23. The number of hydrogen-bond acceptors (Lipinski definition) is 4. The standard InChI is InChI=1S/C28H30N2O3/c1-3-5-15-29-19-11-13-23-25(17-19)33-26-18-20(30-16-6-4-2)12-14-24(26)27(23)21-9-7-8-10-22(21)28(31)32/h7-14,17-18,29H,3-6,15-16H2,1-2H3,(H,31,32)/b30-20+. The number of nitrogens with zero attached hydrogens (tertiary/aromatic N) is 1. The molecule has 0 atom stereocenters. The second-order valence-corrected chi connectivity index (χ2v) is 8.23. The van der Waals surface area contributed by atoms with Crippen molar-refractivity contribution in [2.24, 2.45) is 4.99 Å². The molecule has 2 aromatic rings. The lowest BCUT2D eigenvalue weighted by Gasteiger charge is -2.17. The van der Waals surface area contributed by atoms with Crippen LogP contribution in [0.15, 0.2) is 70.1 Å². The first-order chi connectivity index (χ1) is 16.1. The van der Waals surface area contributed by atoms with Crippen LogP contribution in [0.25, 0.3) is 33.4 Å². The number of carbonyl (C=O) groups is 1. The van der Waals surface area contributed by atoms with E-state index < -0.39 is 5.97 Å². The van der Waals surface area contributed by atoms with Gasteiger partial charge in [0.2, 0.25) is 0 Å². The fourth-order valence-corrected chi connectivity index (χ4v) is 4.04. The van der Waals surface area contributed by atoms with Gasteiger partial charge < -0.3 is 14.8 Å². The average Bonchev–Trinajstić information content (AvgIpc) is 2.82. The lowest BCUT2D eigenvalue weighted by atomic mass is 9.90. The van der Waals surface area contributed by atoms with E-state index in [0.29, 0.717) is 16.9 Å². The number of benzene rings is 3. The molecule has 0 spiro atoms. The number of anilines is 1. The van der Waals surface area contributed by atoms with Crippen molar-refractivity contribution in [2.75, 3.05) is 18.4 Å². The summed E-state index contributed by atoms with van der Waals surface area (Å²) in [6.45, 7) is 5.98. The van der Waals surface area contributed by atoms with Gasteiger partial charge in [0.25, 0.3) is 0 Å². The molecule has 0 fully saturated rings. The second kappa shape index (κ2) is 10.3. The highest BCUT2D eigenvalue weighted by Crippen LogP contribution is 2.41. The molecule has 0 unspecified atom stereocenters. The van der Waals surface area contributed by atoms with Crippen LogP contribution < -0.4 is 10.7 Å². The fraction of sp³-hybridized carbons (Fsp3) is 0.286. The summed E-state index contributed by atoms with van der Waals surface area (Å²) in [5, 5.41) is 15.1. The van der Waals surface area contributed by atoms with Crippen molar-refractivity contribution in [2.45, 2.75) is 39.5 Å². The van der Waals surface area contributed by atoms with Gasteiger partial charge in [-0.15, -0.1) is 0 Å². The zero-order chi connectivity index (χ0) is 23.2. The molecule has 33 heavy (non-hydrogen) atoms. The molecule has 0 saturated heterocycles. The van der Waals surface area contributed by atoms with E-state index in [1.165, 1.54) is 0 Å². The van der Waals surface area contributed by atoms with Gasteiger partial charge in [-0.25, -0.2) is 4.79 Å². The molecule has 1 aliphatic carbocycles. The van der Waals surface area contributed by atoms with Crippen LogP contribution in [0.2, 0.25) is 0 Å². The van der Waals surface area contributed by atoms with Crippen LogP contribution in [0.3, 0.4) is 0 Å². The van der Waals surface area contributed by atoms with Crippen molar-refractivity contribution >= 4 is 22.6 Å². The number of aromatic carboxylic acids is 1. The highest BCUT2D eigenvalue weighted by molar-refractivity contribution is 6.07. The molecular formula is C28H30N2O3. The van der Waals surface area contributed by atoms with Gasteiger partial charge in [0.1, 0.15) is 11.3 Å². The highest BCUT2D eigenvalue weighted by Gasteiger charge is 2.21. The van der Waals surface area contributed by atoms with Gasteiger partial charge in [-0.2, -0.15) is 0 Å². The van der Waals surface area contributed by atoms with E-state index in [4.69, 9.17) is 4.42 Å². The predicted octanol–water partition coefficient (Wildman–Crippen LogP) is 6.82. The molecule has 5 nitrogen and oxygen atoms in total. The molecule has 5 heteroatoms. The Morgan fingerprint density at radius 2 is 1.79 bits per heavy atom. The van der Waals surface area contributed by atoms with Crippen LogP contribution in [-0.2, 0) is 0 Å². The molecule has 4 rings (SSSR count). The van der Waals surface area contributed by atoms with Crippen LogP contribution in [-0.4, -0.2) is 24.2 Å². The summed E-state index contributed by atoms with van der Waals surface area (Å²) in [7, 11) is 0. The highest BCUT2D eigenvalue weighted by atomic mass is 16.4. The van der Waals surface area contributed by atoms with Gasteiger partial charge in [-0.05, 0) is 48.7 Å². The monoisotopic (exact) mass is 442 g/mol. The number of fused-ring (bicyclic) bond motifs is 2. The maximum absolute atomic E-state index is 12.0. The predicted molar refractivity (Wildman–Crippen MR) is 134 cm³/mol. The van der Waals surface area contributed by atoms with E-state index in [1.807, 2.05) is 48.5 Å². The van der Waals surface area contributed by atoms with E-state index in [9.17, 15) is 9.90 Å². The normalized spacial score (nSPS) is 11.9. The SMILES string of the molecule is CCCC/N=c1\ccc2c(-c3ccccc3C(=O)O)c3ccc(NCCCC)cc3oc-2c1. The maximum Gasteiger partial charge on any atom is 0.336 e. The van der Waals surface area contributed by atoms with Gasteiger partial charge in [0, 0.05) is 47.4 Å². The number of unbranched alkanes of at least 4 members (excludes halogenated alkanes) is 2. The van der Waals surface area contributed by atoms with Gasteiger partial charge >= 0.3 is 5.97 Å². The Labute approximate surface area is 194 Å². The summed E-state index contributed by atoms with van der Waals surface area (Å²) < 4.78 is 6.36. The molecule has 2 aromatic carbocycles. The molecule has 1 heterocycles. The number of carboxylic acids is 1. The van der Waals surface area contributed by atoms with Gasteiger partial charge in [-0.1, -0.05) is 44.9 Å². The minimum atomic E-state index is -0.947. The van der Waals surface area contributed by atoms with Gasteiger partial charge in [0.15, 0.2) is 0 Å².